The standard InChI is InChI=1S/C4H4N4O4/c5-3(9)12-4-6-1-2(7-4)8(10)11/h1H,(H2,5,9)(H,6,7). The van der Waals surface area contributed by atoms with E-state index in [4.69, 9.17) is 0 Å². The maximum Gasteiger partial charge on any atom is 0.413 e. The van der Waals surface area contributed by atoms with Crippen molar-refractivity contribution >= 4 is 11.9 Å². The Bertz CT molecular complexity index is 319. The van der Waals surface area contributed by atoms with E-state index < -0.39 is 11.0 Å². The van der Waals surface area contributed by atoms with Crippen molar-refractivity contribution in [2.75, 3.05) is 0 Å². The topological polar surface area (TPSA) is 124 Å². The number of amides is 1. The van der Waals surface area contributed by atoms with E-state index in [0.29, 0.717) is 0 Å². The minimum Gasteiger partial charge on any atom is -0.358 e. The molecule has 0 unspecified atom stereocenters. The lowest BCUT2D eigenvalue weighted by atomic mass is 10.8. The van der Waals surface area contributed by atoms with Crippen LogP contribution in [0.4, 0.5) is 10.6 Å². The van der Waals surface area contributed by atoms with Crippen molar-refractivity contribution in [2.45, 2.75) is 0 Å². The number of H-pyrrole nitrogens is 1. The van der Waals surface area contributed by atoms with Crippen LogP contribution in [0.1, 0.15) is 0 Å². The van der Waals surface area contributed by atoms with Gasteiger partial charge in [-0.3, -0.25) is 0 Å². The number of nitrogens with one attached hydrogen (secondary N) is 1. The van der Waals surface area contributed by atoms with Gasteiger partial charge in [-0.1, -0.05) is 0 Å². The van der Waals surface area contributed by atoms with Gasteiger partial charge in [-0.2, -0.15) is 9.97 Å². The van der Waals surface area contributed by atoms with Crippen LogP contribution in [-0.2, 0) is 0 Å². The summed E-state index contributed by atoms with van der Waals surface area (Å²) >= 11 is 0. The first-order valence-corrected chi connectivity index (χ1v) is 2.76. The Kier molecular flexibility index (Phi) is 1.90. The molecule has 0 aromatic carbocycles. The van der Waals surface area contributed by atoms with E-state index in [-0.39, 0.29) is 11.8 Å². The van der Waals surface area contributed by atoms with Crippen molar-refractivity contribution in [3.8, 4) is 6.01 Å². The highest BCUT2D eigenvalue weighted by Gasteiger charge is 2.12. The van der Waals surface area contributed by atoms with Crippen LogP contribution in [-0.4, -0.2) is 21.0 Å². The van der Waals surface area contributed by atoms with Crippen LogP contribution in [0.25, 0.3) is 0 Å². The predicted molar refractivity (Wildman–Crippen MR) is 35.5 cm³/mol. The number of hydrogen-bond acceptors (Lipinski definition) is 5. The smallest absolute Gasteiger partial charge is 0.358 e. The second kappa shape index (κ2) is 2.86. The Labute approximate surface area is 65.5 Å². The highest BCUT2D eigenvalue weighted by Crippen LogP contribution is 2.10. The van der Waals surface area contributed by atoms with Gasteiger partial charge in [0.15, 0.2) is 0 Å². The fourth-order valence-electron chi connectivity index (χ4n) is 0.534. The summed E-state index contributed by atoms with van der Waals surface area (Å²) in [6.07, 6.45) is -0.169. The molecule has 8 heteroatoms. The molecule has 0 radical (unpaired) electrons. The molecule has 1 heterocycles. The summed E-state index contributed by atoms with van der Waals surface area (Å²) in [4.78, 5) is 24.9. The molecule has 0 aliphatic rings. The Balaban J connectivity index is 2.77. The van der Waals surface area contributed by atoms with Crippen molar-refractivity contribution in [3.05, 3.63) is 16.3 Å². The lowest BCUT2D eigenvalue weighted by Crippen LogP contribution is -2.16. The summed E-state index contributed by atoms with van der Waals surface area (Å²) in [6.45, 7) is 0. The number of rotatable bonds is 2. The number of aromatic amines is 1. The van der Waals surface area contributed by atoms with Crippen molar-refractivity contribution in [3.63, 3.8) is 0 Å². The largest absolute Gasteiger partial charge is 0.413 e. The molecule has 0 aliphatic heterocycles. The molecule has 3 N–H and O–H groups in total. The van der Waals surface area contributed by atoms with Crippen molar-refractivity contribution < 1.29 is 14.5 Å². The van der Waals surface area contributed by atoms with Gasteiger partial charge in [0.25, 0.3) is 0 Å². The van der Waals surface area contributed by atoms with Crippen LogP contribution in [0.5, 0.6) is 6.01 Å². The Hall–Kier alpha value is -2.12. The highest BCUT2D eigenvalue weighted by atomic mass is 16.6. The van der Waals surface area contributed by atoms with Crippen molar-refractivity contribution in [2.24, 2.45) is 5.73 Å². The zero-order valence-corrected chi connectivity index (χ0v) is 5.68. The van der Waals surface area contributed by atoms with E-state index in [0.717, 1.165) is 6.20 Å². The zero-order chi connectivity index (χ0) is 9.14. The summed E-state index contributed by atoms with van der Waals surface area (Å²) in [5.41, 5.74) is 4.62. The first-order valence-electron chi connectivity index (χ1n) is 2.76. The van der Waals surface area contributed by atoms with E-state index in [2.05, 4.69) is 20.4 Å². The maximum absolute atomic E-state index is 10.1. The predicted octanol–water partition coefficient (Wildman–Crippen LogP) is -0.225. The number of imidazole rings is 1. The number of nitrogens with two attached hydrogens (primary N) is 1. The number of hydrogen-bond donors (Lipinski definition) is 2. The average Bonchev–Trinajstić information content (AvgIpc) is 2.34. The van der Waals surface area contributed by atoms with Crippen molar-refractivity contribution in [1.82, 2.24) is 9.97 Å². The van der Waals surface area contributed by atoms with E-state index in [9.17, 15) is 14.9 Å². The van der Waals surface area contributed by atoms with Gasteiger partial charge in [-0.15, -0.1) is 0 Å². The van der Waals surface area contributed by atoms with Gasteiger partial charge in [0.05, 0.1) is 0 Å². The summed E-state index contributed by atoms with van der Waals surface area (Å²) < 4.78 is 4.21. The number of nitro groups is 1. The molecule has 0 aliphatic carbocycles. The first kappa shape index (κ1) is 7.98. The van der Waals surface area contributed by atoms with Gasteiger partial charge in [-0.05, 0) is 4.92 Å². The average molecular weight is 172 g/mol. The molecule has 1 aromatic rings. The molecule has 0 bridgehead atoms. The summed E-state index contributed by atoms with van der Waals surface area (Å²) in [6, 6.07) is -0.297. The van der Waals surface area contributed by atoms with Gasteiger partial charge in [0.2, 0.25) is 0 Å². The number of carbonyl (C=O) groups excluding carboxylic acids is 1. The van der Waals surface area contributed by atoms with Crippen LogP contribution >= 0.6 is 0 Å². The van der Waals surface area contributed by atoms with E-state index >= 15 is 0 Å². The molecule has 0 saturated carbocycles. The molecule has 64 valence electrons. The van der Waals surface area contributed by atoms with Crippen molar-refractivity contribution in [1.29, 1.82) is 0 Å². The van der Waals surface area contributed by atoms with Gasteiger partial charge >= 0.3 is 17.9 Å². The van der Waals surface area contributed by atoms with Crippen LogP contribution in [0.15, 0.2) is 6.20 Å². The third-order valence-electron chi connectivity index (χ3n) is 0.933. The molecule has 0 atom stereocenters. The second-order valence-electron chi connectivity index (χ2n) is 1.75. The third kappa shape index (κ3) is 1.68. The number of primary amides is 1. The first-order chi connectivity index (χ1) is 5.59. The van der Waals surface area contributed by atoms with Gasteiger partial charge < -0.3 is 20.6 Å². The highest BCUT2D eigenvalue weighted by molar-refractivity contribution is 5.67. The van der Waals surface area contributed by atoms with E-state index in [1.165, 1.54) is 0 Å². The van der Waals surface area contributed by atoms with Gasteiger partial charge in [0.1, 0.15) is 6.20 Å². The molecule has 0 spiro atoms. The van der Waals surface area contributed by atoms with Gasteiger partial charge in [0, 0.05) is 0 Å². The zero-order valence-electron chi connectivity index (χ0n) is 5.68. The maximum atomic E-state index is 10.1. The molecule has 1 amide bonds. The van der Waals surface area contributed by atoms with Crippen LogP contribution < -0.4 is 10.5 Å². The second-order valence-corrected chi connectivity index (χ2v) is 1.75. The minimum atomic E-state index is -1.08. The molecule has 0 fully saturated rings. The molecule has 12 heavy (non-hydrogen) atoms. The number of aromatic nitrogens is 2. The lowest BCUT2D eigenvalue weighted by molar-refractivity contribution is -0.389. The SMILES string of the molecule is NC(=O)Oc1ncc([N+](=O)[O-])[nH]1. The lowest BCUT2D eigenvalue weighted by Gasteiger charge is -1.88. The normalized spacial score (nSPS) is 9.33. The fourth-order valence-corrected chi connectivity index (χ4v) is 0.534. The van der Waals surface area contributed by atoms with Crippen LogP contribution in [0, 0.1) is 10.1 Å². The molecular weight excluding hydrogens is 168 g/mol. The Morgan fingerprint density at radius 3 is 2.92 bits per heavy atom. The Morgan fingerprint density at radius 1 is 1.83 bits per heavy atom. The fraction of sp³-hybridized carbons (Fsp3) is 0. The minimum absolute atomic E-state index is 0.297. The number of carbonyl (C=O) groups is 1. The molecule has 0 saturated heterocycles. The molecule has 1 rings (SSSR count). The quantitative estimate of drug-likeness (QED) is 0.471. The third-order valence-corrected chi connectivity index (χ3v) is 0.933. The van der Waals surface area contributed by atoms with Crippen LogP contribution in [0.3, 0.4) is 0 Å². The van der Waals surface area contributed by atoms with Crippen LogP contribution in [0.2, 0.25) is 0 Å². The molecule has 1 aromatic heterocycles. The van der Waals surface area contributed by atoms with E-state index in [1.807, 2.05) is 0 Å². The van der Waals surface area contributed by atoms with E-state index in [1.54, 1.807) is 0 Å². The summed E-state index contributed by atoms with van der Waals surface area (Å²) in [5, 5.41) is 10.1. The summed E-state index contributed by atoms with van der Waals surface area (Å²) in [7, 11) is 0. The van der Waals surface area contributed by atoms with Gasteiger partial charge in [-0.25, -0.2) is 4.79 Å². The summed E-state index contributed by atoms with van der Waals surface area (Å²) in [5.74, 6) is -0.369. The molecular formula is C4H4N4O4. The molecule has 8 nitrogen and oxygen atoms in total. The number of nitrogens with zero attached hydrogens (tertiary/aromatic N) is 2. The number of ether oxygens (including phenoxy) is 1. The monoisotopic (exact) mass is 172 g/mol. The Morgan fingerprint density at radius 2 is 2.50 bits per heavy atom.